The predicted molar refractivity (Wildman–Crippen MR) is 118 cm³/mol. The van der Waals surface area contributed by atoms with Gasteiger partial charge in [0.05, 0.1) is 0 Å². The number of hydrogen-bond donors (Lipinski definition) is 0. The molecule has 0 bridgehead atoms. The average Bonchev–Trinajstić information content (AvgIpc) is 2.70. The summed E-state index contributed by atoms with van der Waals surface area (Å²) in [6.07, 6.45) is 7.92. The molecule has 1 aliphatic heterocycles. The van der Waals surface area contributed by atoms with Gasteiger partial charge in [-0.05, 0) is 61.8 Å². The molecule has 0 spiro atoms. The van der Waals surface area contributed by atoms with Crippen LogP contribution < -0.4 is 9.47 Å². The second kappa shape index (κ2) is 8.23. The van der Waals surface area contributed by atoms with E-state index in [-0.39, 0.29) is 12.4 Å². The van der Waals surface area contributed by atoms with E-state index in [0.717, 1.165) is 23.0 Å². The first kappa shape index (κ1) is 20.0. The lowest BCUT2D eigenvalue weighted by Gasteiger charge is -2.49. The van der Waals surface area contributed by atoms with Crippen LogP contribution in [0.15, 0.2) is 42.5 Å². The summed E-state index contributed by atoms with van der Waals surface area (Å²) in [6.45, 7) is 7.09. The predicted octanol–water partition coefficient (Wildman–Crippen LogP) is 6.53. The highest BCUT2D eigenvalue weighted by Crippen LogP contribution is 2.55. The molecule has 0 aromatic heterocycles. The Kier molecular flexibility index (Phi) is 5.69. The standard InChI is InChI=1S/C26H32O3/c1-18-10-13-22-21(14-18)25-23(28-17-27-4)15-20(16-24(25)29-26(22,2)3)12-11-19-8-6-5-7-9-19/h5-9,11-12,15-16,18,21-22H,10,13-14,17H2,1-4H3/b12-11+/t18-,21-,22-/m0/s1. The fraction of sp³-hybridized carbons (Fsp3) is 0.462. The van der Waals surface area contributed by atoms with Crippen LogP contribution in [0.4, 0.5) is 0 Å². The Bertz CT molecular complexity index is 869. The van der Waals surface area contributed by atoms with Gasteiger partial charge in [0.15, 0.2) is 6.79 Å². The Balaban J connectivity index is 1.75. The van der Waals surface area contributed by atoms with Crippen molar-refractivity contribution in [3.05, 3.63) is 59.2 Å². The van der Waals surface area contributed by atoms with Gasteiger partial charge >= 0.3 is 0 Å². The Morgan fingerprint density at radius 2 is 1.83 bits per heavy atom. The van der Waals surface area contributed by atoms with Crippen LogP contribution in [0.2, 0.25) is 0 Å². The van der Waals surface area contributed by atoms with E-state index in [2.05, 4.69) is 69.3 Å². The van der Waals surface area contributed by atoms with Crippen molar-refractivity contribution >= 4 is 12.2 Å². The fourth-order valence-electron chi connectivity index (χ4n) is 5.06. The summed E-state index contributed by atoms with van der Waals surface area (Å²) < 4.78 is 17.9. The lowest BCUT2D eigenvalue weighted by atomic mass is 9.64. The first-order chi connectivity index (χ1) is 14.0. The van der Waals surface area contributed by atoms with Crippen LogP contribution in [-0.4, -0.2) is 19.5 Å². The van der Waals surface area contributed by atoms with Crippen molar-refractivity contribution < 1.29 is 14.2 Å². The van der Waals surface area contributed by atoms with Crippen LogP contribution in [0.5, 0.6) is 11.5 Å². The third-order valence-electron chi connectivity index (χ3n) is 6.48. The van der Waals surface area contributed by atoms with E-state index in [9.17, 15) is 0 Å². The lowest BCUT2D eigenvalue weighted by molar-refractivity contribution is -0.0167. The fourth-order valence-corrected chi connectivity index (χ4v) is 5.06. The van der Waals surface area contributed by atoms with Crippen molar-refractivity contribution in [2.75, 3.05) is 13.9 Å². The van der Waals surface area contributed by atoms with Gasteiger partial charge in [-0.2, -0.15) is 0 Å². The van der Waals surface area contributed by atoms with E-state index in [1.54, 1.807) is 7.11 Å². The van der Waals surface area contributed by atoms with E-state index in [4.69, 9.17) is 14.2 Å². The number of fused-ring (bicyclic) bond motifs is 3. The highest BCUT2D eigenvalue weighted by atomic mass is 16.7. The first-order valence-corrected chi connectivity index (χ1v) is 10.7. The number of rotatable bonds is 5. The molecule has 2 aliphatic rings. The Morgan fingerprint density at radius 1 is 1.07 bits per heavy atom. The van der Waals surface area contributed by atoms with Gasteiger partial charge in [-0.3, -0.25) is 0 Å². The molecular weight excluding hydrogens is 360 g/mol. The maximum Gasteiger partial charge on any atom is 0.188 e. The molecule has 3 atom stereocenters. The molecular formula is C26H32O3. The van der Waals surface area contributed by atoms with Crippen molar-refractivity contribution in [2.45, 2.75) is 51.6 Å². The Labute approximate surface area is 174 Å². The molecule has 0 amide bonds. The highest BCUT2D eigenvalue weighted by Gasteiger charge is 2.47. The molecule has 2 aromatic rings. The normalized spacial score (nSPS) is 25.2. The van der Waals surface area contributed by atoms with Crippen molar-refractivity contribution in [1.82, 2.24) is 0 Å². The van der Waals surface area contributed by atoms with Crippen molar-refractivity contribution in [1.29, 1.82) is 0 Å². The summed E-state index contributed by atoms with van der Waals surface area (Å²) in [7, 11) is 1.66. The van der Waals surface area contributed by atoms with Gasteiger partial charge in [0.25, 0.3) is 0 Å². The molecule has 1 fully saturated rings. The van der Waals surface area contributed by atoms with Crippen LogP contribution in [-0.2, 0) is 4.74 Å². The molecule has 3 heteroatoms. The summed E-state index contributed by atoms with van der Waals surface area (Å²) in [5.41, 5.74) is 3.32. The van der Waals surface area contributed by atoms with Gasteiger partial charge < -0.3 is 14.2 Å². The summed E-state index contributed by atoms with van der Waals surface area (Å²) in [4.78, 5) is 0. The maximum absolute atomic E-state index is 6.58. The molecule has 1 saturated carbocycles. The lowest BCUT2D eigenvalue weighted by Crippen LogP contribution is -2.46. The molecule has 3 nitrogen and oxygen atoms in total. The smallest absolute Gasteiger partial charge is 0.188 e. The van der Waals surface area contributed by atoms with Crippen LogP contribution >= 0.6 is 0 Å². The highest BCUT2D eigenvalue weighted by molar-refractivity contribution is 5.72. The zero-order valence-corrected chi connectivity index (χ0v) is 18.0. The van der Waals surface area contributed by atoms with Gasteiger partial charge in [-0.1, -0.05) is 55.8 Å². The third kappa shape index (κ3) is 4.20. The zero-order chi connectivity index (χ0) is 20.4. The van der Waals surface area contributed by atoms with Gasteiger partial charge in [0.1, 0.15) is 17.1 Å². The van der Waals surface area contributed by atoms with Crippen molar-refractivity contribution in [3.8, 4) is 11.5 Å². The molecule has 29 heavy (non-hydrogen) atoms. The molecule has 1 aliphatic carbocycles. The van der Waals surface area contributed by atoms with Crippen molar-refractivity contribution in [2.24, 2.45) is 11.8 Å². The zero-order valence-electron chi connectivity index (χ0n) is 18.0. The largest absolute Gasteiger partial charge is 0.487 e. The van der Waals surface area contributed by atoms with Crippen LogP contribution in [0.25, 0.3) is 12.2 Å². The van der Waals surface area contributed by atoms with E-state index in [1.165, 1.54) is 30.4 Å². The molecule has 154 valence electrons. The number of ether oxygens (including phenoxy) is 3. The second-order valence-corrected chi connectivity index (χ2v) is 9.06. The number of benzene rings is 2. The van der Waals surface area contributed by atoms with Gasteiger partial charge in [0.2, 0.25) is 0 Å². The summed E-state index contributed by atoms with van der Waals surface area (Å²) in [6, 6.07) is 14.6. The summed E-state index contributed by atoms with van der Waals surface area (Å²) in [5.74, 6) is 3.58. The topological polar surface area (TPSA) is 27.7 Å². The van der Waals surface area contributed by atoms with E-state index in [0.29, 0.717) is 11.8 Å². The Hall–Kier alpha value is -2.26. The van der Waals surface area contributed by atoms with Crippen molar-refractivity contribution in [3.63, 3.8) is 0 Å². The molecule has 1 heterocycles. The van der Waals surface area contributed by atoms with Gasteiger partial charge in [-0.15, -0.1) is 0 Å². The molecule has 0 radical (unpaired) electrons. The third-order valence-corrected chi connectivity index (χ3v) is 6.48. The SMILES string of the molecule is COCOc1cc(/C=C/c2ccccc2)cc2c1[C@H]1C[C@@H](C)CC[C@@H]1C(C)(C)O2. The van der Waals surface area contributed by atoms with Crippen LogP contribution in [0.3, 0.4) is 0 Å². The Morgan fingerprint density at radius 3 is 2.59 bits per heavy atom. The van der Waals surface area contributed by atoms with Gasteiger partial charge in [-0.25, -0.2) is 0 Å². The number of hydrogen-bond acceptors (Lipinski definition) is 3. The monoisotopic (exact) mass is 392 g/mol. The van der Waals surface area contributed by atoms with Gasteiger partial charge in [0, 0.05) is 18.6 Å². The minimum atomic E-state index is -0.169. The van der Waals surface area contributed by atoms with E-state index in [1.807, 2.05) is 6.07 Å². The summed E-state index contributed by atoms with van der Waals surface area (Å²) in [5, 5.41) is 0. The molecule has 2 aromatic carbocycles. The summed E-state index contributed by atoms with van der Waals surface area (Å²) >= 11 is 0. The second-order valence-electron chi connectivity index (χ2n) is 9.06. The quantitative estimate of drug-likeness (QED) is 0.428. The minimum Gasteiger partial charge on any atom is -0.487 e. The molecule has 4 rings (SSSR count). The first-order valence-electron chi connectivity index (χ1n) is 10.7. The average molecular weight is 393 g/mol. The number of methoxy groups -OCH3 is 1. The van der Waals surface area contributed by atoms with Crippen LogP contribution in [0.1, 0.15) is 62.6 Å². The van der Waals surface area contributed by atoms with Crippen LogP contribution in [0, 0.1) is 11.8 Å². The molecule has 0 saturated heterocycles. The molecule has 0 unspecified atom stereocenters. The van der Waals surface area contributed by atoms with E-state index >= 15 is 0 Å². The maximum atomic E-state index is 6.58. The molecule has 0 N–H and O–H groups in total. The minimum absolute atomic E-state index is 0.169. The van der Waals surface area contributed by atoms with E-state index < -0.39 is 0 Å².